The Bertz CT molecular complexity index is 766. The zero-order chi connectivity index (χ0) is 21.1. The van der Waals surface area contributed by atoms with Crippen molar-refractivity contribution >= 4 is 17.8 Å². The van der Waals surface area contributed by atoms with Crippen molar-refractivity contribution in [2.75, 3.05) is 6.54 Å². The Hall–Kier alpha value is -2.37. The highest BCUT2D eigenvalue weighted by Gasteiger charge is 2.50. The van der Waals surface area contributed by atoms with Gasteiger partial charge in [-0.15, -0.1) is 0 Å². The second kappa shape index (κ2) is 8.78. The molecule has 0 aromatic heterocycles. The quantitative estimate of drug-likeness (QED) is 0.746. The first-order chi connectivity index (χ1) is 14.5. The van der Waals surface area contributed by atoms with Gasteiger partial charge < -0.3 is 10.2 Å². The number of hydrogen-bond acceptors (Lipinski definition) is 3. The van der Waals surface area contributed by atoms with E-state index >= 15 is 0 Å². The van der Waals surface area contributed by atoms with Crippen molar-refractivity contribution in [2.45, 2.75) is 88.8 Å². The molecule has 1 aromatic rings. The average Bonchev–Trinajstić information content (AvgIpc) is 3.00. The van der Waals surface area contributed by atoms with Crippen molar-refractivity contribution in [3.05, 3.63) is 35.9 Å². The largest absolute Gasteiger partial charge is 0.335 e. The van der Waals surface area contributed by atoms with E-state index in [2.05, 4.69) is 10.2 Å². The molecule has 0 spiro atoms. The maximum Gasteiger partial charge on any atom is 0.325 e. The molecule has 162 valence electrons. The number of hydrogen-bond donors (Lipinski definition) is 1. The van der Waals surface area contributed by atoms with E-state index in [0.29, 0.717) is 0 Å². The van der Waals surface area contributed by atoms with E-state index in [9.17, 15) is 14.4 Å². The molecule has 0 bridgehead atoms. The molecule has 1 aliphatic heterocycles. The van der Waals surface area contributed by atoms with Gasteiger partial charge in [0.15, 0.2) is 0 Å². The Kier molecular flexibility index (Phi) is 6.11. The maximum absolute atomic E-state index is 13.5. The van der Waals surface area contributed by atoms with Gasteiger partial charge in [-0.1, -0.05) is 68.9 Å². The van der Waals surface area contributed by atoms with Gasteiger partial charge in [-0.25, -0.2) is 4.79 Å². The number of urea groups is 1. The number of nitrogens with one attached hydrogen (secondary N) is 1. The Morgan fingerprint density at radius 1 is 0.967 bits per heavy atom. The lowest BCUT2D eigenvalue weighted by Gasteiger charge is -2.42. The van der Waals surface area contributed by atoms with Crippen LogP contribution in [0.3, 0.4) is 0 Å². The summed E-state index contributed by atoms with van der Waals surface area (Å²) in [7, 11) is 0. The molecular weight excluding hydrogens is 378 g/mol. The van der Waals surface area contributed by atoms with Crippen LogP contribution in [-0.4, -0.2) is 46.3 Å². The molecule has 0 radical (unpaired) electrons. The highest BCUT2D eigenvalue weighted by molar-refractivity contribution is 6.09. The van der Waals surface area contributed by atoms with E-state index in [1.165, 1.54) is 12.8 Å². The normalized spacial score (nSPS) is 26.0. The van der Waals surface area contributed by atoms with Crippen molar-refractivity contribution < 1.29 is 14.4 Å². The molecule has 4 amide bonds. The zero-order valence-corrected chi connectivity index (χ0v) is 17.9. The van der Waals surface area contributed by atoms with Crippen molar-refractivity contribution in [2.24, 2.45) is 0 Å². The van der Waals surface area contributed by atoms with Gasteiger partial charge in [0.05, 0.1) is 0 Å². The van der Waals surface area contributed by atoms with Crippen LogP contribution in [0.15, 0.2) is 30.3 Å². The molecule has 3 aliphatic rings. The topological polar surface area (TPSA) is 69.7 Å². The summed E-state index contributed by atoms with van der Waals surface area (Å²) in [5.41, 5.74) is -0.395. The van der Waals surface area contributed by atoms with Gasteiger partial charge in [-0.2, -0.15) is 0 Å². The van der Waals surface area contributed by atoms with Crippen LogP contribution >= 0.6 is 0 Å². The Morgan fingerprint density at radius 3 is 2.03 bits per heavy atom. The van der Waals surface area contributed by atoms with Crippen molar-refractivity contribution in [1.82, 2.24) is 15.1 Å². The lowest BCUT2D eigenvalue weighted by molar-refractivity contribution is -0.143. The summed E-state index contributed by atoms with van der Waals surface area (Å²) in [6.07, 6.45) is 11.2. The zero-order valence-electron chi connectivity index (χ0n) is 17.9. The number of benzene rings is 1. The number of nitrogens with zero attached hydrogens (tertiary/aromatic N) is 2. The maximum atomic E-state index is 13.5. The number of carbonyl (C=O) groups is 3. The van der Waals surface area contributed by atoms with Crippen LogP contribution in [0, 0.1) is 0 Å². The average molecular weight is 412 g/mol. The van der Waals surface area contributed by atoms with Crippen LogP contribution in [0.5, 0.6) is 0 Å². The summed E-state index contributed by atoms with van der Waals surface area (Å²) in [4.78, 5) is 42.6. The van der Waals surface area contributed by atoms with Crippen LogP contribution in [0.4, 0.5) is 4.79 Å². The fraction of sp³-hybridized carbons (Fsp3) is 0.625. The first kappa shape index (κ1) is 20.9. The summed E-state index contributed by atoms with van der Waals surface area (Å²) in [6.45, 7) is 1.55. The minimum Gasteiger partial charge on any atom is -0.335 e. The lowest BCUT2D eigenvalue weighted by atomic mass is 9.88. The summed E-state index contributed by atoms with van der Waals surface area (Å²) in [5.74, 6) is -0.422. The second-order valence-corrected chi connectivity index (χ2v) is 9.20. The van der Waals surface area contributed by atoms with E-state index in [4.69, 9.17) is 0 Å². The van der Waals surface area contributed by atoms with Crippen LogP contribution < -0.4 is 5.32 Å². The Balaban J connectivity index is 1.53. The molecule has 0 unspecified atom stereocenters. The van der Waals surface area contributed by atoms with Crippen LogP contribution in [-0.2, 0) is 15.1 Å². The van der Waals surface area contributed by atoms with E-state index in [-0.39, 0.29) is 30.4 Å². The molecule has 6 nitrogen and oxygen atoms in total. The number of rotatable bonds is 5. The van der Waals surface area contributed by atoms with Crippen molar-refractivity contribution in [3.8, 4) is 0 Å². The highest BCUT2D eigenvalue weighted by Crippen LogP contribution is 2.32. The molecule has 30 heavy (non-hydrogen) atoms. The van der Waals surface area contributed by atoms with E-state index in [0.717, 1.165) is 61.8 Å². The summed E-state index contributed by atoms with van der Waals surface area (Å²) >= 11 is 0. The molecule has 6 heteroatoms. The molecular formula is C24H33N3O3. The number of amides is 4. The van der Waals surface area contributed by atoms with Gasteiger partial charge in [-0.3, -0.25) is 14.5 Å². The van der Waals surface area contributed by atoms with Crippen molar-refractivity contribution in [1.29, 1.82) is 0 Å². The third-order valence-electron chi connectivity index (χ3n) is 7.14. The van der Waals surface area contributed by atoms with Crippen molar-refractivity contribution in [3.63, 3.8) is 0 Å². The summed E-state index contributed by atoms with van der Waals surface area (Å²) < 4.78 is 0. The van der Waals surface area contributed by atoms with Gasteiger partial charge in [0.2, 0.25) is 5.91 Å². The van der Waals surface area contributed by atoms with E-state index in [1.54, 1.807) is 6.92 Å². The number of carbonyl (C=O) groups excluding carboxylic acids is 3. The molecule has 2 aliphatic carbocycles. The highest BCUT2D eigenvalue weighted by atomic mass is 16.2. The third kappa shape index (κ3) is 3.96. The van der Waals surface area contributed by atoms with E-state index in [1.807, 2.05) is 30.3 Å². The summed E-state index contributed by atoms with van der Waals surface area (Å²) in [5, 5.41) is 2.82. The monoisotopic (exact) mass is 411 g/mol. The molecule has 3 fully saturated rings. The lowest BCUT2D eigenvalue weighted by Crippen LogP contribution is -2.53. The van der Waals surface area contributed by atoms with Gasteiger partial charge in [0.1, 0.15) is 12.1 Å². The molecule has 1 atom stereocenters. The first-order valence-electron chi connectivity index (χ1n) is 11.5. The molecule has 1 N–H and O–H groups in total. The van der Waals surface area contributed by atoms with Gasteiger partial charge >= 0.3 is 6.03 Å². The predicted octanol–water partition coefficient (Wildman–Crippen LogP) is 3.95. The fourth-order valence-corrected chi connectivity index (χ4v) is 5.45. The minimum absolute atomic E-state index is 0.0744. The van der Waals surface area contributed by atoms with Gasteiger partial charge in [-0.05, 0) is 38.2 Å². The predicted molar refractivity (Wildman–Crippen MR) is 115 cm³/mol. The molecule has 1 saturated heterocycles. The molecule has 4 rings (SSSR count). The third-order valence-corrected chi connectivity index (χ3v) is 7.14. The Morgan fingerprint density at radius 2 is 1.50 bits per heavy atom. The minimum atomic E-state index is -1.13. The number of imide groups is 1. The van der Waals surface area contributed by atoms with Gasteiger partial charge in [0, 0.05) is 12.1 Å². The van der Waals surface area contributed by atoms with E-state index < -0.39 is 11.6 Å². The Labute approximate surface area is 179 Å². The van der Waals surface area contributed by atoms with Crippen LogP contribution in [0.2, 0.25) is 0 Å². The second-order valence-electron chi connectivity index (χ2n) is 9.20. The molecule has 2 saturated carbocycles. The molecule has 1 aromatic carbocycles. The summed E-state index contributed by atoms with van der Waals surface area (Å²) in [6, 6.07) is 9.25. The molecule has 1 heterocycles. The first-order valence-corrected chi connectivity index (χ1v) is 11.5. The van der Waals surface area contributed by atoms with Gasteiger partial charge in [0.25, 0.3) is 5.91 Å². The standard InChI is InChI=1S/C24H33N3O3/c1-24(18-11-5-2-6-12-18)22(29)26(23(30)25-24)17-21(28)27(19-13-7-3-8-14-19)20-15-9-4-10-16-20/h2,5-6,11-12,19-20H,3-4,7-10,13-17H2,1H3,(H,25,30)/t24-/m1/s1. The SMILES string of the molecule is C[C@]1(c2ccccc2)NC(=O)N(CC(=O)N(C2CCCCC2)C2CCCCC2)C1=O. The van der Waals surface area contributed by atoms with Crippen LogP contribution in [0.25, 0.3) is 0 Å². The smallest absolute Gasteiger partial charge is 0.325 e. The fourth-order valence-electron chi connectivity index (χ4n) is 5.45. The van der Waals surface area contributed by atoms with Crippen LogP contribution in [0.1, 0.15) is 76.7 Å².